The van der Waals surface area contributed by atoms with Crippen LogP contribution in [0.2, 0.25) is 0 Å². The number of nitrogens with zero attached hydrogens (tertiary/aromatic N) is 4. The number of benzene rings is 1. The molecule has 0 radical (unpaired) electrons. The minimum atomic E-state index is -0.306. The van der Waals surface area contributed by atoms with Gasteiger partial charge in [-0.1, -0.05) is 37.3 Å². The van der Waals surface area contributed by atoms with E-state index >= 15 is 0 Å². The summed E-state index contributed by atoms with van der Waals surface area (Å²) in [5.74, 6) is 0.592. The zero-order chi connectivity index (χ0) is 16.6. The molecular formula is C17H22N4O2. The van der Waals surface area contributed by atoms with Crippen molar-refractivity contribution in [3.05, 3.63) is 51.7 Å². The minimum Gasteiger partial charge on any atom is -0.353 e. The molecule has 0 aliphatic heterocycles. The minimum absolute atomic E-state index is 0.112. The van der Waals surface area contributed by atoms with Crippen LogP contribution in [-0.2, 0) is 18.9 Å². The van der Waals surface area contributed by atoms with Crippen molar-refractivity contribution in [1.82, 2.24) is 9.78 Å². The van der Waals surface area contributed by atoms with Crippen molar-refractivity contribution >= 4 is 11.5 Å². The molecule has 1 aromatic heterocycles. The van der Waals surface area contributed by atoms with E-state index in [0.717, 1.165) is 19.4 Å². The van der Waals surface area contributed by atoms with E-state index < -0.39 is 0 Å². The van der Waals surface area contributed by atoms with Crippen LogP contribution in [0.15, 0.2) is 30.3 Å². The molecule has 0 saturated heterocycles. The molecule has 6 nitrogen and oxygen atoms in total. The number of anilines is 1. The second-order valence-electron chi connectivity index (χ2n) is 6.36. The second-order valence-corrected chi connectivity index (χ2v) is 6.36. The Morgan fingerprint density at radius 2 is 2.00 bits per heavy atom. The van der Waals surface area contributed by atoms with E-state index in [2.05, 4.69) is 29.4 Å². The summed E-state index contributed by atoms with van der Waals surface area (Å²) in [5.41, 5.74) is 2.11. The molecule has 1 fully saturated rings. The lowest BCUT2D eigenvalue weighted by Crippen LogP contribution is -2.31. The third kappa shape index (κ3) is 2.69. The molecule has 0 amide bonds. The molecular weight excluding hydrogens is 292 g/mol. The number of hydrogen-bond acceptors (Lipinski definition) is 4. The molecule has 6 heteroatoms. The van der Waals surface area contributed by atoms with E-state index in [0.29, 0.717) is 17.9 Å². The van der Waals surface area contributed by atoms with E-state index in [1.54, 1.807) is 11.7 Å². The lowest BCUT2D eigenvalue weighted by Gasteiger charge is -2.25. The normalized spacial score (nSPS) is 15.4. The van der Waals surface area contributed by atoms with Crippen LogP contribution in [0.3, 0.4) is 0 Å². The summed E-state index contributed by atoms with van der Waals surface area (Å²) >= 11 is 0. The first-order valence-corrected chi connectivity index (χ1v) is 7.95. The summed E-state index contributed by atoms with van der Waals surface area (Å²) in [5, 5.41) is 15.8. The summed E-state index contributed by atoms with van der Waals surface area (Å²) in [6.07, 6.45) is 2.79. The Morgan fingerprint density at radius 3 is 2.52 bits per heavy atom. The van der Waals surface area contributed by atoms with Crippen LogP contribution < -0.4 is 4.90 Å². The zero-order valence-corrected chi connectivity index (χ0v) is 13.8. The Morgan fingerprint density at radius 1 is 1.35 bits per heavy atom. The molecule has 2 aromatic rings. The van der Waals surface area contributed by atoms with Crippen molar-refractivity contribution in [3.63, 3.8) is 0 Å². The number of likely N-dealkylation sites (N-methyl/N-ethyl adjacent to an activating group) is 1. The Labute approximate surface area is 135 Å². The Balaban J connectivity index is 1.92. The van der Waals surface area contributed by atoms with Crippen molar-refractivity contribution in [3.8, 4) is 0 Å². The number of aromatic nitrogens is 2. The van der Waals surface area contributed by atoms with Gasteiger partial charge in [-0.05, 0) is 24.8 Å². The average molecular weight is 314 g/mol. The van der Waals surface area contributed by atoms with Gasteiger partial charge in [0.15, 0.2) is 0 Å². The molecule has 0 spiro atoms. The van der Waals surface area contributed by atoms with Gasteiger partial charge in [-0.25, -0.2) is 4.68 Å². The predicted octanol–water partition coefficient (Wildman–Crippen LogP) is 3.06. The first-order chi connectivity index (χ1) is 11.0. The quantitative estimate of drug-likeness (QED) is 0.607. The van der Waals surface area contributed by atoms with Gasteiger partial charge >= 0.3 is 5.69 Å². The molecule has 1 aromatic carbocycles. The predicted molar refractivity (Wildman–Crippen MR) is 89.9 cm³/mol. The van der Waals surface area contributed by atoms with Gasteiger partial charge in [-0.3, -0.25) is 10.1 Å². The van der Waals surface area contributed by atoms with Crippen LogP contribution in [0.25, 0.3) is 0 Å². The maximum absolute atomic E-state index is 11.5. The van der Waals surface area contributed by atoms with Gasteiger partial charge in [-0.15, -0.1) is 0 Å². The maximum atomic E-state index is 11.5. The van der Waals surface area contributed by atoms with Crippen LogP contribution in [0, 0.1) is 10.1 Å². The number of hydrogen-bond donors (Lipinski definition) is 0. The van der Waals surface area contributed by atoms with E-state index in [9.17, 15) is 10.1 Å². The van der Waals surface area contributed by atoms with Crippen molar-refractivity contribution in [2.75, 3.05) is 18.5 Å². The largest absolute Gasteiger partial charge is 0.353 e. The van der Waals surface area contributed by atoms with Crippen molar-refractivity contribution in [2.45, 2.75) is 31.6 Å². The highest BCUT2D eigenvalue weighted by Crippen LogP contribution is 2.49. The summed E-state index contributed by atoms with van der Waals surface area (Å²) in [7, 11) is 3.70. The van der Waals surface area contributed by atoms with Crippen LogP contribution in [0.4, 0.5) is 11.5 Å². The lowest BCUT2D eigenvalue weighted by atomic mass is 9.95. The van der Waals surface area contributed by atoms with Crippen LogP contribution in [0.5, 0.6) is 0 Å². The molecule has 0 unspecified atom stereocenters. The molecule has 1 saturated carbocycles. The molecule has 23 heavy (non-hydrogen) atoms. The monoisotopic (exact) mass is 314 g/mol. The number of rotatable bonds is 6. The molecule has 1 heterocycles. The molecule has 0 atom stereocenters. The fraction of sp³-hybridized carbons (Fsp3) is 0.471. The summed E-state index contributed by atoms with van der Waals surface area (Å²) in [6, 6.07) is 10.4. The van der Waals surface area contributed by atoms with Crippen LogP contribution in [-0.4, -0.2) is 28.3 Å². The van der Waals surface area contributed by atoms with E-state index in [1.165, 1.54) is 5.56 Å². The smallest absolute Gasteiger partial charge is 0.334 e. The molecule has 1 aliphatic carbocycles. The van der Waals surface area contributed by atoms with Gasteiger partial charge in [0, 0.05) is 26.1 Å². The first kappa shape index (κ1) is 15.5. The Hall–Kier alpha value is -2.37. The van der Waals surface area contributed by atoms with Gasteiger partial charge in [0.25, 0.3) is 0 Å². The third-order valence-corrected chi connectivity index (χ3v) is 4.72. The van der Waals surface area contributed by atoms with Gasteiger partial charge in [0.05, 0.1) is 4.92 Å². The molecule has 1 aliphatic rings. The fourth-order valence-corrected chi connectivity index (χ4v) is 3.42. The van der Waals surface area contributed by atoms with Crippen molar-refractivity contribution < 1.29 is 4.92 Å². The highest BCUT2D eigenvalue weighted by molar-refractivity contribution is 5.62. The van der Waals surface area contributed by atoms with Gasteiger partial charge in [0.2, 0.25) is 5.82 Å². The maximum Gasteiger partial charge on any atom is 0.334 e. The zero-order valence-electron chi connectivity index (χ0n) is 13.8. The van der Waals surface area contributed by atoms with Crippen molar-refractivity contribution in [1.29, 1.82) is 0 Å². The van der Waals surface area contributed by atoms with Gasteiger partial charge in [-0.2, -0.15) is 5.10 Å². The number of nitro groups is 1. The fourth-order valence-electron chi connectivity index (χ4n) is 3.42. The van der Waals surface area contributed by atoms with E-state index in [1.807, 2.05) is 24.9 Å². The summed E-state index contributed by atoms with van der Waals surface area (Å²) in [6.45, 7) is 2.66. The van der Waals surface area contributed by atoms with Crippen molar-refractivity contribution in [2.24, 2.45) is 7.05 Å². The Kier molecular flexibility index (Phi) is 3.83. The molecule has 122 valence electrons. The second kappa shape index (κ2) is 5.68. The van der Waals surface area contributed by atoms with Gasteiger partial charge in [0.1, 0.15) is 5.69 Å². The first-order valence-electron chi connectivity index (χ1n) is 7.95. The Bertz CT molecular complexity index is 720. The van der Waals surface area contributed by atoms with E-state index in [-0.39, 0.29) is 16.0 Å². The van der Waals surface area contributed by atoms with Crippen LogP contribution >= 0.6 is 0 Å². The average Bonchev–Trinajstić information content (AvgIpc) is 3.23. The molecule has 3 rings (SSSR count). The topological polar surface area (TPSA) is 64.2 Å². The third-order valence-electron chi connectivity index (χ3n) is 4.72. The summed E-state index contributed by atoms with van der Waals surface area (Å²) < 4.78 is 1.64. The van der Waals surface area contributed by atoms with Gasteiger partial charge < -0.3 is 4.90 Å². The van der Waals surface area contributed by atoms with E-state index in [4.69, 9.17) is 0 Å². The van der Waals surface area contributed by atoms with Crippen LogP contribution in [0.1, 0.15) is 31.0 Å². The SMILES string of the molecule is CCc1nn(C)c(N(C)CC2(c3ccccc3)CC2)c1[N+](=O)[O-]. The standard InChI is InChI=1S/C17H22N4O2/c1-4-14-15(21(22)23)16(20(3)18-14)19(2)12-17(10-11-17)13-8-6-5-7-9-13/h5-9H,4,10-12H2,1-3H3. The highest BCUT2D eigenvalue weighted by Gasteiger charge is 2.46. The summed E-state index contributed by atoms with van der Waals surface area (Å²) in [4.78, 5) is 13.2. The molecule has 0 bridgehead atoms. The molecule has 0 N–H and O–H groups in total. The lowest BCUT2D eigenvalue weighted by molar-refractivity contribution is -0.384. The number of aryl methyl sites for hydroxylation is 2. The highest BCUT2D eigenvalue weighted by atomic mass is 16.6.